The van der Waals surface area contributed by atoms with Crippen molar-refractivity contribution in [1.29, 1.82) is 0 Å². The van der Waals surface area contributed by atoms with Crippen LogP contribution in [0.5, 0.6) is 5.75 Å². The van der Waals surface area contributed by atoms with Crippen LogP contribution < -0.4 is 5.32 Å². The summed E-state index contributed by atoms with van der Waals surface area (Å²) >= 11 is 0. The molecule has 0 aliphatic rings. The van der Waals surface area contributed by atoms with Gasteiger partial charge in [0.1, 0.15) is 5.75 Å². The van der Waals surface area contributed by atoms with Gasteiger partial charge in [-0.3, -0.25) is 0 Å². The smallest absolute Gasteiger partial charge is 0.115 e. The van der Waals surface area contributed by atoms with E-state index in [0.29, 0.717) is 5.75 Å². The molecule has 0 radical (unpaired) electrons. The second kappa shape index (κ2) is 5.52. The fourth-order valence-electron chi connectivity index (χ4n) is 1.44. The molecule has 2 N–H and O–H groups in total. The lowest BCUT2D eigenvalue weighted by Gasteiger charge is -2.34. The summed E-state index contributed by atoms with van der Waals surface area (Å²) in [5, 5.41) is 12.8. The molecule has 0 bridgehead atoms. The molecule has 3 heteroatoms. The van der Waals surface area contributed by atoms with Gasteiger partial charge >= 0.3 is 0 Å². The van der Waals surface area contributed by atoms with E-state index in [9.17, 15) is 5.11 Å². The van der Waals surface area contributed by atoms with E-state index in [1.54, 1.807) is 12.1 Å². The minimum Gasteiger partial charge on any atom is -0.508 e. The fraction of sp³-hybridized carbons (Fsp3) is 0.571. The van der Waals surface area contributed by atoms with Crippen LogP contribution in [-0.4, -0.2) is 36.2 Å². The standard InChI is InChI=1S/C14H24N2O/c1-11(12-6-8-13(17)9-7-12)15-10-14(2,3)16(4)5/h6-9,11,15,17H,10H2,1-5H3. The zero-order valence-corrected chi connectivity index (χ0v) is 11.5. The van der Waals surface area contributed by atoms with Gasteiger partial charge in [0.25, 0.3) is 0 Å². The van der Waals surface area contributed by atoms with Gasteiger partial charge in [0.05, 0.1) is 0 Å². The number of hydrogen-bond acceptors (Lipinski definition) is 3. The number of nitrogens with one attached hydrogen (secondary N) is 1. The molecule has 0 amide bonds. The molecule has 1 rings (SSSR count). The number of phenolic OH excluding ortho intramolecular Hbond substituents is 1. The van der Waals surface area contributed by atoms with Gasteiger partial charge in [-0.25, -0.2) is 0 Å². The van der Waals surface area contributed by atoms with Crippen molar-refractivity contribution in [2.75, 3.05) is 20.6 Å². The summed E-state index contributed by atoms with van der Waals surface area (Å²) in [6.07, 6.45) is 0. The highest BCUT2D eigenvalue weighted by molar-refractivity contribution is 5.27. The minimum atomic E-state index is 0.130. The minimum absolute atomic E-state index is 0.130. The Balaban J connectivity index is 2.55. The normalized spacial score (nSPS) is 14.0. The second-order valence-electron chi connectivity index (χ2n) is 5.40. The number of hydrogen-bond donors (Lipinski definition) is 2. The van der Waals surface area contributed by atoms with Crippen molar-refractivity contribution >= 4 is 0 Å². The molecule has 0 aliphatic carbocycles. The van der Waals surface area contributed by atoms with Crippen LogP contribution in [0.15, 0.2) is 24.3 Å². The lowest BCUT2D eigenvalue weighted by molar-refractivity contribution is 0.185. The molecule has 1 aromatic rings. The van der Waals surface area contributed by atoms with Gasteiger partial charge in [-0.1, -0.05) is 12.1 Å². The molecular formula is C14H24N2O. The topological polar surface area (TPSA) is 35.5 Å². The molecular weight excluding hydrogens is 212 g/mol. The average Bonchev–Trinajstić information content (AvgIpc) is 2.27. The fourth-order valence-corrected chi connectivity index (χ4v) is 1.44. The molecule has 0 saturated carbocycles. The number of phenols is 1. The van der Waals surface area contributed by atoms with Crippen molar-refractivity contribution in [2.24, 2.45) is 0 Å². The maximum absolute atomic E-state index is 9.24. The molecule has 96 valence electrons. The molecule has 0 heterocycles. The summed E-state index contributed by atoms with van der Waals surface area (Å²) in [5.74, 6) is 0.314. The van der Waals surface area contributed by atoms with Crippen molar-refractivity contribution in [3.05, 3.63) is 29.8 Å². The molecule has 0 spiro atoms. The largest absolute Gasteiger partial charge is 0.508 e. The molecule has 1 unspecified atom stereocenters. The van der Waals surface area contributed by atoms with Crippen molar-refractivity contribution in [1.82, 2.24) is 10.2 Å². The van der Waals surface area contributed by atoms with Gasteiger partial charge in [-0.2, -0.15) is 0 Å². The Kier molecular flexibility index (Phi) is 4.54. The number of aromatic hydroxyl groups is 1. The van der Waals surface area contributed by atoms with Crippen LogP contribution in [0.25, 0.3) is 0 Å². The number of likely N-dealkylation sites (N-methyl/N-ethyl adjacent to an activating group) is 1. The van der Waals surface area contributed by atoms with E-state index in [1.807, 2.05) is 12.1 Å². The summed E-state index contributed by atoms with van der Waals surface area (Å²) in [4.78, 5) is 2.21. The van der Waals surface area contributed by atoms with E-state index in [-0.39, 0.29) is 11.6 Å². The highest BCUT2D eigenvalue weighted by Gasteiger charge is 2.20. The van der Waals surface area contributed by atoms with Crippen LogP contribution in [0, 0.1) is 0 Å². The van der Waals surface area contributed by atoms with Crippen molar-refractivity contribution < 1.29 is 5.11 Å². The number of benzene rings is 1. The van der Waals surface area contributed by atoms with E-state index in [0.717, 1.165) is 6.54 Å². The Labute approximate surface area is 104 Å². The summed E-state index contributed by atoms with van der Waals surface area (Å²) in [7, 11) is 4.18. The Morgan fingerprint density at radius 3 is 2.24 bits per heavy atom. The first-order chi connectivity index (χ1) is 7.83. The molecule has 17 heavy (non-hydrogen) atoms. The van der Waals surface area contributed by atoms with Crippen LogP contribution in [0.4, 0.5) is 0 Å². The van der Waals surface area contributed by atoms with E-state index in [2.05, 4.69) is 45.1 Å². The number of nitrogens with zero attached hydrogens (tertiary/aromatic N) is 1. The molecule has 0 fully saturated rings. The Bertz CT molecular complexity index is 344. The van der Waals surface area contributed by atoms with Crippen molar-refractivity contribution in [3.63, 3.8) is 0 Å². The summed E-state index contributed by atoms with van der Waals surface area (Å²) < 4.78 is 0. The average molecular weight is 236 g/mol. The van der Waals surface area contributed by atoms with E-state index in [1.165, 1.54) is 5.56 Å². The lowest BCUT2D eigenvalue weighted by Crippen LogP contribution is -2.47. The van der Waals surface area contributed by atoms with Gasteiger partial charge < -0.3 is 15.3 Å². The first-order valence-electron chi connectivity index (χ1n) is 6.02. The predicted octanol–water partition coefficient (Wildman–Crippen LogP) is 2.38. The molecule has 1 aromatic carbocycles. The summed E-state index contributed by atoms with van der Waals surface area (Å²) in [6.45, 7) is 7.48. The van der Waals surface area contributed by atoms with Gasteiger partial charge in [0, 0.05) is 18.1 Å². The number of rotatable bonds is 5. The van der Waals surface area contributed by atoms with Gasteiger partial charge in [-0.05, 0) is 52.6 Å². The zero-order valence-electron chi connectivity index (χ0n) is 11.5. The summed E-state index contributed by atoms with van der Waals surface area (Å²) in [5.41, 5.74) is 1.32. The van der Waals surface area contributed by atoms with Crippen molar-refractivity contribution in [3.8, 4) is 5.75 Å². The predicted molar refractivity (Wildman–Crippen MR) is 72.3 cm³/mol. The van der Waals surface area contributed by atoms with E-state index in [4.69, 9.17) is 0 Å². The Morgan fingerprint density at radius 1 is 1.24 bits per heavy atom. The van der Waals surface area contributed by atoms with Gasteiger partial charge in [0.15, 0.2) is 0 Å². The molecule has 0 aliphatic heterocycles. The third-order valence-corrected chi connectivity index (χ3v) is 3.44. The van der Waals surface area contributed by atoms with Gasteiger partial charge in [-0.15, -0.1) is 0 Å². The maximum atomic E-state index is 9.24. The SMILES string of the molecule is CC(NCC(C)(C)N(C)C)c1ccc(O)cc1. The van der Waals surface area contributed by atoms with Crippen molar-refractivity contribution in [2.45, 2.75) is 32.4 Å². The molecule has 0 aromatic heterocycles. The Hall–Kier alpha value is -1.06. The zero-order chi connectivity index (χ0) is 13.1. The third kappa shape index (κ3) is 4.02. The van der Waals surface area contributed by atoms with Crippen LogP contribution in [0.2, 0.25) is 0 Å². The molecule has 3 nitrogen and oxygen atoms in total. The monoisotopic (exact) mass is 236 g/mol. The highest BCUT2D eigenvalue weighted by Crippen LogP contribution is 2.17. The maximum Gasteiger partial charge on any atom is 0.115 e. The Morgan fingerprint density at radius 2 is 1.76 bits per heavy atom. The van der Waals surface area contributed by atoms with E-state index >= 15 is 0 Å². The second-order valence-corrected chi connectivity index (χ2v) is 5.40. The first-order valence-corrected chi connectivity index (χ1v) is 6.02. The van der Waals surface area contributed by atoms with Crippen LogP contribution in [0.3, 0.4) is 0 Å². The quantitative estimate of drug-likeness (QED) is 0.824. The molecule has 0 saturated heterocycles. The lowest BCUT2D eigenvalue weighted by atomic mass is 10.0. The highest BCUT2D eigenvalue weighted by atomic mass is 16.3. The first kappa shape index (κ1) is 14.0. The van der Waals surface area contributed by atoms with Crippen LogP contribution >= 0.6 is 0 Å². The third-order valence-electron chi connectivity index (χ3n) is 3.44. The van der Waals surface area contributed by atoms with E-state index < -0.39 is 0 Å². The van der Waals surface area contributed by atoms with Crippen LogP contribution in [0.1, 0.15) is 32.4 Å². The molecule has 1 atom stereocenters. The summed E-state index contributed by atoms with van der Waals surface area (Å²) in [6, 6.07) is 7.65. The van der Waals surface area contributed by atoms with Crippen LogP contribution in [-0.2, 0) is 0 Å². The van der Waals surface area contributed by atoms with Gasteiger partial charge in [0.2, 0.25) is 0 Å².